The molecular formula is C16H23FN2OS. The topological polar surface area (TPSA) is 23.6 Å². The first-order valence-corrected chi connectivity index (χ1v) is 8.41. The van der Waals surface area contributed by atoms with Gasteiger partial charge in [-0.1, -0.05) is 13.8 Å². The Morgan fingerprint density at radius 2 is 1.81 bits per heavy atom. The van der Waals surface area contributed by atoms with Crippen LogP contribution in [0.2, 0.25) is 0 Å². The summed E-state index contributed by atoms with van der Waals surface area (Å²) in [6.45, 7) is 9.10. The Kier molecular flexibility index (Phi) is 6.06. The third-order valence-electron chi connectivity index (χ3n) is 3.52. The Morgan fingerprint density at radius 3 is 2.38 bits per heavy atom. The van der Waals surface area contributed by atoms with Crippen LogP contribution >= 0.6 is 11.8 Å². The molecule has 0 radical (unpaired) electrons. The summed E-state index contributed by atoms with van der Waals surface area (Å²) in [7, 11) is 0. The maximum absolute atomic E-state index is 12.8. The van der Waals surface area contributed by atoms with E-state index >= 15 is 0 Å². The van der Waals surface area contributed by atoms with Gasteiger partial charge in [-0.25, -0.2) is 4.39 Å². The van der Waals surface area contributed by atoms with Gasteiger partial charge in [0.15, 0.2) is 0 Å². The monoisotopic (exact) mass is 310 g/mol. The smallest absolute Gasteiger partial charge is 0.233 e. The van der Waals surface area contributed by atoms with Crippen molar-refractivity contribution in [2.45, 2.75) is 18.7 Å². The van der Waals surface area contributed by atoms with Crippen LogP contribution in [0.3, 0.4) is 0 Å². The van der Waals surface area contributed by atoms with Crippen LogP contribution in [0, 0.1) is 11.7 Å². The van der Waals surface area contributed by atoms with Gasteiger partial charge in [0.25, 0.3) is 0 Å². The van der Waals surface area contributed by atoms with Gasteiger partial charge in [-0.15, -0.1) is 11.8 Å². The number of piperazine rings is 1. The van der Waals surface area contributed by atoms with Gasteiger partial charge in [-0.05, 0) is 30.2 Å². The molecule has 21 heavy (non-hydrogen) atoms. The van der Waals surface area contributed by atoms with Crippen LogP contribution in [0.1, 0.15) is 13.8 Å². The zero-order valence-electron chi connectivity index (χ0n) is 12.7. The van der Waals surface area contributed by atoms with E-state index in [1.54, 1.807) is 12.1 Å². The number of nitrogens with zero attached hydrogens (tertiary/aromatic N) is 2. The molecule has 1 fully saturated rings. The van der Waals surface area contributed by atoms with Crippen LogP contribution in [-0.2, 0) is 4.79 Å². The summed E-state index contributed by atoms with van der Waals surface area (Å²) >= 11 is 1.47. The van der Waals surface area contributed by atoms with Crippen molar-refractivity contribution < 1.29 is 9.18 Å². The van der Waals surface area contributed by atoms with Crippen LogP contribution in [-0.4, -0.2) is 54.2 Å². The number of rotatable bonds is 5. The van der Waals surface area contributed by atoms with Crippen molar-refractivity contribution in [1.82, 2.24) is 9.80 Å². The van der Waals surface area contributed by atoms with E-state index in [0.717, 1.165) is 37.6 Å². The average Bonchev–Trinajstić information content (AvgIpc) is 2.46. The molecule has 0 aliphatic carbocycles. The molecule has 0 aromatic heterocycles. The van der Waals surface area contributed by atoms with Gasteiger partial charge in [0, 0.05) is 37.6 Å². The summed E-state index contributed by atoms with van der Waals surface area (Å²) < 4.78 is 12.8. The zero-order chi connectivity index (χ0) is 15.2. The highest BCUT2D eigenvalue weighted by Gasteiger charge is 2.21. The summed E-state index contributed by atoms with van der Waals surface area (Å²) in [6.07, 6.45) is 0. The van der Waals surface area contributed by atoms with Gasteiger partial charge in [0.2, 0.25) is 5.91 Å². The Labute approximate surface area is 130 Å². The second-order valence-corrected chi connectivity index (χ2v) is 6.87. The number of carbonyl (C=O) groups is 1. The van der Waals surface area contributed by atoms with Crippen LogP contribution in [0.25, 0.3) is 0 Å². The predicted octanol–water partition coefficient (Wildman–Crippen LogP) is 2.72. The molecule has 1 aromatic carbocycles. The second-order valence-electron chi connectivity index (χ2n) is 5.82. The van der Waals surface area contributed by atoms with Crippen LogP contribution < -0.4 is 0 Å². The largest absolute Gasteiger partial charge is 0.339 e. The summed E-state index contributed by atoms with van der Waals surface area (Å²) in [5, 5.41) is 0. The van der Waals surface area contributed by atoms with Crippen molar-refractivity contribution in [1.29, 1.82) is 0 Å². The van der Waals surface area contributed by atoms with E-state index in [0.29, 0.717) is 11.7 Å². The van der Waals surface area contributed by atoms with Gasteiger partial charge in [-0.2, -0.15) is 0 Å². The molecule has 1 aliphatic rings. The minimum Gasteiger partial charge on any atom is -0.339 e. The number of hydrogen-bond acceptors (Lipinski definition) is 3. The van der Waals surface area contributed by atoms with E-state index in [4.69, 9.17) is 0 Å². The van der Waals surface area contributed by atoms with Crippen LogP contribution in [0.4, 0.5) is 4.39 Å². The molecule has 1 heterocycles. The molecule has 0 saturated carbocycles. The molecule has 0 atom stereocenters. The molecule has 0 spiro atoms. The fourth-order valence-corrected chi connectivity index (χ4v) is 3.26. The number of carbonyl (C=O) groups excluding carboxylic acids is 1. The molecule has 1 aromatic rings. The molecule has 0 bridgehead atoms. The van der Waals surface area contributed by atoms with Gasteiger partial charge in [-0.3, -0.25) is 9.69 Å². The van der Waals surface area contributed by atoms with E-state index < -0.39 is 0 Å². The maximum atomic E-state index is 12.8. The highest BCUT2D eigenvalue weighted by atomic mass is 32.2. The fraction of sp³-hybridized carbons (Fsp3) is 0.562. The zero-order valence-corrected chi connectivity index (χ0v) is 13.5. The average molecular weight is 310 g/mol. The highest BCUT2D eigenvalue weighted by Crippen LogP contribution is 2.19. The van der Waals surface area contributed by atoms with E-state index in [-0.39, 0.29) is 11.7 Å². The van der Waals surface area contributed by atoms with Crippen molar-refractivity contribution in [3.63, 3.8) is 0 Å². The summed E-state index contributed by atoms with van der Waals surface area (Å²) in [6, 6.07) is 6.29. The van der Waals surface area contributed by atoms with Gasteiger partial charge >= 0.3 is 0 Å². The number of thioether (sulfide) groups is 1. The van der Waals surface area contributed by atoms with Gasteiger partial charge < -0.3 is 4.90 Å². The number of halogens is 1. The molecule has 2 rings (SSSR count). The van der Waals surface area contributed by atoms with E-state index in [1.165, 1.54) is 23.9 Å². The third kappa shape index (κ3) is 5.32. The predicted molar refractivity (Wildman–Crippen MR) is 85.0 cm³/mol. The van der Waals surface area contributed by atoms with Crippen LogP contribution in [0.15, 0.2) is 29.2 Å². The Hall–Kier alpha value is -1.07. The summed E-state index contributed by atoms with van der Waals surface area (Å²) in [4.78, 5) is 17.5. The van der Waals surface area contributed by atoms with Gasteiger partial charge in [0.05, 0.1) is 5.75 Å². The SMILES string of the molecule is CC(C)CN1CCN(C(=O)CSc2ccc(F)cc2)CC1. The Morgan fingerprint density at radius 1 is 1.19 bits per heavy atom. The lowest BCUT2D eigenvalue weighted by molar-refractivity contribution is -0.130. The van der Waals surface area contributed by atoms with Crippen molar-refractivity contribution in [2.24, 2.45) is 5.92 Å². The Balaban J connectivity index is 1.73. The normalized spacial score (nSPS) is 16.5. The highest BCUT2D eigenvalue weighted by molar-refractivity contribution is 8.00. The first kappa shape index (κ1) is 16.3. The molecule has 1 saturated heterocycles. The molecule has 1 aliphatic heterocycles. The summed E-state index contributed by atoms with van der Waals surface area (Å²) in [5.74, 6) is 1.03. The van der Waals surface area contributed by atoms with Crippen molar-refractivity contribution in [3.05, 3.63) is 30.1 Å². The maximum Gasteiger partial charge on any atom is 0.233 e. The lowest BCUT2D eigenvalue weighted by atomic mass is 10.2. The third-order valence-corrected chi connectivity index (χ3v) is 4.52. The number of amides is 1. The molecule has 0 unspecified atom stereocenters. The molecule has 5 heteroatoms. The van der Waals surface area contributed by atoms with E-state index in [9.17, 15) is 9.18 Å². The second kappa shape index (κ2) is 7.80. The van der Waals surface area contributed by atoms with E-state index in [1.807, 2.05) is 4.90 Å². The molecule has 116 valence electrons. The van der Waals surface area contributed by atoms with Crippen molar-refractivity contribution >= 4 is 17.7 Å². The Bertz CT molecular complexity index is 456. The fourth-order valence-electron chi connectivity index (χ4n) is 2.46. The lowest BCUT2D eigenvalue weighted by Crippen LogP contribution is -2.49. The summed E-state index contributed by atoms with van der Waals surface area (Å²) in [5.41, 5.74) is 0. The van der Waals surface area contributed by atoms with Crippen molar-refractivity contribution in [3.8, 4) is 0 Å². The number of hydrogen-bond donors (Lipinski definition) is 0. The lowest BCUT2D eigenvalue weighted by Gasteiger charge is -2.35. The number of benzene rings is 1. The first-order valence-electron chi connectivity index (χ1n) is 7.43. The molecule has 1 amide bonds. The molecule has 0 N–H and O–H groups in total. The van der Waals surface area contributed by atoms with Crippen molar-refractivity contribution in [2.75, 3.05) is 38.5 Å². The molecular weight excluding hydrogens is 287 g/mol. The first-order chi connectivity index (χ1) is 10.0. The standard InChI is InChI=1S/C16H23FN2OS/c1-13(2)11-18-7-9-19(10-8-18)16(20)12-21-15-5-3-14(17)4-6-15/h3-6,13H,7-12H2,1-2H3. The molecule has 3 nitrogen and oxygen atoms in total. The quantitative estimate of drug-likeness (QED) is 0.781. The minimum absolute atomic E-state index is 0.175. The van der Waals surface area contributed by atoms with Gasteiger partial charge in [0.1, 0.15) is 5.82 Å². The minimum atomic E-state index is -0.244. The van der Waals surface area contributed by atoms with E-state index in [2.05, 4.69) is 18.7 Å². The van der Waals surface area contributed by atoms with Crippen LogP contribution in [0.5, 0.6) is 0 Å².